The molecule has 0 atom stereocenters. The van der Waals surface area contributed by atoms with E-state index >= 15 is 0 Å². The zero-order valence-electron chi connectivity index (χ0n) is 39.2. The van der Waals surface area contributed by atoms with Gasteiger partial charge in [0.15, 0.2) is 0 Å². The van der Waals surface area contributed by atoms with E-state index in [2.05, 4.69) is 54.6 Å². The fourth-order valence-corrected chi connectivity index (χ4v) is 7.70. The summed E-state index contributed by atoms with van der Waals surface area (Å²) in [4.78, 5) is 44.0. The van der Waals surface area contributed by atoms with Gasteiger partial charge in [0.25, 0.3) is 11.8 Å². The fourth-order valence-electron chi connectivity index (χ4n) is 6.59. The number of carboxylic acids is 1. The van der Waals surface area contributed by atoms with Gasteiger partial charge in [0.2, 0.25) is 5.82 Å². The summed E-state index contributed by atoms with van der Waals surface area (Å²) in [6.45, 7) is 13.6. The van der Waals surface area contributed by atoms with Crippen LogP contribution in [0.15, 0.2) is 126 Å². The Bertz CT molecular complexity index is 2850. The van der Waals surface area contributed by atoms with Gasteiger partial charge in [0.05, 0.1) is 56.6 Å². The Labute approximate surface area is 447 Å². The average molecular weight is 1030 g/mol. The van der Waals surface area contributed by atoms with Crippen LogP contribution in [0.2, 0.25) is 20.1 Å². The van der Waals surface area contributed by atoms with Gasteiger partial charge in [-0.3, -0.25) is 4.79 Å². The number of ether oxygens (including phenoxy) is 2. The number of halogens is 4. The van der Waals surface area contributed by atoms with Crippen molar-refractivity contribution in [3.8, 4) is 56.6 Å². The molecule has 1 aromatic heterocycles. The number of benzene rings is 6. The number of amides is 1. The van der Waals surface area contributed by atoms with E-state index < -0.39 is 17.8 Å². The van der Waals surface area contributed by atoms with E-state index in [0.717, 1.165) is 45.9 Å². The summed E-state index contributed by atoms with van der Waals surface area (Å²) >= 11 is 24.8. The summed E-state index contributed by atoms with van der Waals surface area (Å²) in [5.74, 6) is -0.878. The van der Waals surface area contributed by atoms with Crippen molar-refractivity contribution in [2.45, 2.75) is 66.7 Å². The van der Waals surface area contributed by atoms with Gasteiger partial charge in [-0.2, -0.15) is 10.5 Å². The van der Waals surface area contributed by atoms with Crippen molar-refractivity contribution < 1.29 is 69.3 Å². The Balaban J connectivity index is 0.000000429. The SMILES string of the molecule is C.CC(=O)[O-].COc1c(-c2ccccc2)cc(C(C)(C)C)cc1-c1noc(-c2c(Cl)cccc2Cl)n1.COc1c(C(=O)NOC(=O)c2c(Cl)cccc2Cl)cc(C(C)(C)C)cc1-c1ccccc1.[2HH].[Na+]. The number of carboxylic acid groups (broad SMARTS) is 1. The smallest absolute Gasteiger partial charge is 0.550 e. The first-order valence-corrected chi connectivity index (χ1v) is 22.1. The molecule has 6 aromatic carbocycles. The van der Waals surface area contributed by atoms with Gasteiger partial charge in [0.1, 0.15) is 11.5 Å². The van der Waals surface area contributed by atoms with E-state index in [-0.39, 0.29) is 76.3 Å². The van der Waals surface area contributed by atoms with Gasteiger partial charge in [-0.15, -0.1) is 0 Å². The Kier molecular flexibility index (Phi) is 21.4. The summed E-state index contributed by atoms with van der Waals surface area (Å²) in [7, 11) is 3.14. The molecule has 0 aliphatic carbocycles. The van der Waals surface area contributed by atoms with Gasteiger partial charge < -0.3 is 28.7 Å². The molecule has 1 amide bonds. The number of hydrogen-bond acceptors (Lipinski definition) is 10. The van der Waals surface area contributed by atoms with Gasteiger partial charge >= 0.3 is 35.5 Å². The van der Waals surface area contributed by atoms with E-state index in [9.17, 15) is 9.59 Å². The number of nitrogens with one attached hydrogen (secondary N) is 1. The second-order valence-corrected chi connectivity index (χ2v) is 18.5. The van der Waals surface area contributed by atoms with Crippen LogP contribution in [-0.4, -0.2) is 42.2 Å². The predicted octanol–water partition coefficient (Wildman–Crippen LogP) is 10.8. The van der Waals surface area contributed by atoms with Crippen molar-refractivity contribution in [3.63, 3.8) is 0 Å². The van der Waals surface area contributed by atoms with E-state index in [0.29, 0.717) is 32.9 Å². The van der Waals surface area contributed by atoms with Crippen LogP contribution < -0.4 is 49.6 Å². The predicted molar refractivity (Wildman–Crippen MR) is 272 cm³/mol. The molecule has 0 saturated heterocycles. The topological polar surface area (TPSA) is 153 Å². The molecule has 0 aliphatic rings. The zero-order valence-corrected chi connectivity index (χ0v) is 44.2. The molecule has 16 heteroatoms. The summed E-state index contributed by atoms with van der Waals surface area (Å²) in [6, 6.07) is 37.5. The minimum Gasteiger partial charge on any atom is -0.550 e. The molecule has 0 bridgehead atoms. The molecule has 69 heavy (non-hydrogen) atoms. The van der Waals surface area contributed by atoms with Crippen molar-refractivity contribution in [2.24, 2.45) is 0 Å². The quantitative estimate of drug-likeness (QED) is 0.115. The average Bonchev–Trinajstić information content (AvgIpc) is 3.76. The number of hydrogen-bond donors (Lipinski definition) is 1. The van der Waals surface area contributed by atoms with Crippen LogP contribution in [0.25, 0.3) is 45.1 Å². The van der Waals surface area contributed by atoms with Crippen LogP contribution in [0, 0.1) is 0 Å². The molecule has 1 heterocycles. The van der Waals surface area contributed by atoms with Crippen LogP contribution in [0.1, 0.15) is 89.2 Å². The number of methoxy groups -OCH3 is 2. The Morgan fingerprint density at radius 2 is 1.06 bits per heavy atom. The van der Waals surface area contributed by atoms with E-state index in [1.54, 1.807) is 37.4 Å². The maximum absolute atomic E-state index is 13.1. The van der Waals surface area contributed by atoms with Crippen LogP contribution in [-0.2, 0) is 20.5 Å². The van der Waals surface area contributed by atoms with Crippen molar-refractivity contribution in [2.75, 3.05) is 14.2 Å². The number of aromatic nitrogens is 2. The van der Waals surface area contributed by atoms with E-state index in [4.69, 9.17) is 75.1 Å². The third-order valence-electron chi connectivity index (χ3n) is 9.98. The van der Waals surface area contributed by atoms with Crippen molar-refractivity contribution in [1.82, 2.24) is 15.6 Å². The molecule has 0 radical (unpaired) electrons. The Morgan fingerprint density at radius 3 is 1.51 bits per heavy atom. The van der Waals surface area contributed by atoms with Crippen molar-refractivity contribution in [3.05, 3.63) is 164 Å². The molecule has 0 fully saturated rings. The van der Waals surface area contributed by atoms with Crippen LogP contribution in [0.4, 0.5) is 0 Å². The number of aliphatic carboxylic acids is 1. The third kappa shape index (κ3) is 14.8. The van der Waals surface area contributed by atoms with E-state index in [1.165, 1.54) is 19.2 Å². The van der Waals surface area contributed by atoms with Crippen LogP contribution in [0.3, 0.4) is 0 Å². The summed E-state index contributed by atoms with van der Waals surface area (Å²) < 4.78 is 17.0. The first-order chi connectivity index (χ1) is 31.7. The molecule has 1 N–H and O–H groups in total. The Hall–Kier alpha value is -5.37. The van der Waals surface area contributed by atoms with Crippen molar-refractivity contribution in [1.29, 1.82) is 0 Å². The normalized spacial score (nSPS) is 10.7. The molecule has 7 rings (SSSR count). The summed E-state index contributed by atoms with van der Waals surface area (Å²) in [6.07, 6.45) is 0. The van der Waals surface area contributed by atoms with Crippen LogP contribution in [0.5, 0.6) is 11.5 Å². The van der Waals surface area contributed by atoms with Crippen LogP contribution >= 0.6 is 46.4 Å². The molecular weight excluding hydrogens is 971 g/mol. The minimum atomic E-state index is -1.08. The zero-order chi connectivity index (χ0) is 49.2. The van der Waals surface area contributed by atoms with Gasteiger partial charge in [-0.05, 0) is 88.5 Å². The maximum Gasteiger partial charge on any atom is 1.00 e. The number of carbonyl (C=O) groups is 3. The fraction of sp³-hybridized carbons (Fsp3) is 0.226. The second kappa shape index (κ2) is 25.5. The minimum absolute atomic E-state index is 0. The molecule has 0 aliphatic heterocycles. The van der Waals surface area contributed by atoms with Crippen molar-refractivity contribution >= 4 is 64.2 Å². The molecule has 0 spiro atoms. The monoisotopic (exact) mass is 1020 g/mol. The number of hydroxylamine groups is 1. The van der Waals surface area contributed by atoms with Gasteiger partial charge in [0, 0.05) is 18.5 Å². The third-order valence-corrected chi connectivity index (χ3v) is 11.2. The standard InChI is InChI=1S/C25H22Cl2N2O2.C25H23Cl2NO4.C2H4O2.CH4.Na.H2/c1-25(2,3)16-13-17(15-9-6-5-7-10-15)22(30-4)18(14-16)23-28-24(31-29-23)21-19(26)11-8-12-20(21)27;1-25(2,3)16-13-17(15-9-6-5-7-10-15)22(31-4)18(14-16)23(29)28-32-24(30)21-19(26)11-8-12-20(21)27;1-2(3)4;;;/h5-14H,1-4H3;5-14H,1-4H3,(H,28,29);1H3,(H,3,4);1H4;;1H/q;;;;+1;/p-1/i;;;;;1+1. The maximum atomic E-state index is 13.1. The van der Waals surface area contributed by atoms with E-state index in [1.807, 2.05) is 81.4 Å². The largest absolute Gasteiger partial charge is 1.00 e. The molecule has 0 unspecified atom stereocenters. The molecule has 7 aromatic rings. The van der Waals surface area contributed by atoms with Gasteiger partial charge in [-0.1, -0.05) is 173 Å². The number of rotatable bonds is 8. The second-order valence-electron chi connectivity index (χ2n) is 16.9. The molecule has 11 nitrogen and oxygen atoms in total. The summed E-state index contributed by atoms with van der Waals surface area (Å²) in [5, 5.41) is 14.3. The summed E-state index contributed by atoms with van der Waals surface area (Å²) in [5.41, 5.74) is 9.03. The number of nitrogens with zero attached hydrogens (tertiary/aromatic N) is 2. The molecular formula is C53H54Cl4N3NaO8. The molecule has 0 saturated carbocycles. The first kappa shape index (κ1) is 57.9. The first-order valence-electron chi connectivity index (χ1n) is 20.6. The van der Waals surface area contributed by atoms with Gasteiger partial charge in [-0.25, -0.2) is 4.79 Å². The Morgan fingerprint density at radius 1 is 0.638 bits per heavy atom. The molecule has 358 valence electrons. The number of carbonyl (C=O) groups excluding carboxylic acids is 3.